The summed E-state index contributed by atoms with van der Waals surface area (Å²) in [6.45, 7) is 7.37. The van der Waals surface area contributed by atoms with Gasteiger partial charge < -0.3 is 11.1 Å². The number of halogens is 4. The number of benzene rings is 1. The highest BCUT2D eigenvalue weighted by Crippen LogP contribution is 2.40. The summed E-state index contributed by atoms with van der Waals surface area (Å²) in [7, 11) is 1.29. The molecule has 2 rings (SSSR count). The SMILES string of the molecule is C=CCC(C=C)CC(N)CC(=O)Nc1c(-c2ccc(F)cc2)c(C(F)(F)F)nn1C. The monoisotopic (exact) mass is 424 g/mol. The molecule has 0 fully saturated rings. The lowest BCUT2D eigenvalue weighted by Gasteiger charge is -2.17. The molecule has 0 bridgehead atoms. The Balaban J connectivity index is 2.29. The van der Waals surface area contributed by atoms with Crippen molar-refractivity contribution in [1.82, 2.24) is 9.78 Å². The summed E-state index contributed by atoms with van der Waals surface area (Å²) < 4.78 is 54.7. The van der Waals surface area contributed by atoms with Gasteiger partial charge in [-0.1, -0.05) is 24.3 Å². The van der Waals surface area contributed by atoms with E-state index in [4.69, 9.17) is 5.73 Å². The van der Waals surface area contributed by atoms with Crippen molar-refractivity contribution in [3.05, 3.63) is 61.1 Å². The molecule has 0 radical (unpaired) electrons. The lowest BCUT2D eigenvalue weighted by molar-refractivity contribution is -0.141. The number of aryl methyl sites for hydroxylation is 1. The smallest absolute Gasteiger partial charge is 0.327 e. The van der Waals surface area contributed by atoms with Gasteiger partial charge >= 0.3 is 6.18 Å². The lowest BCUT2D eigenvalue weighted by Crippen LogP contribution is -2.29. The highest BCUT2D eigenvalue weighted by Gasteiger charge is 2.39. The average molecular weight is 424 g/mol. The van der Waals surface area contributed by atoms with E-state index in [2.05, 4.69) is 23.6 Å². The number of alkyl halides is 3. The third kappa shape index (κ3) is 5.79. The van der Waals surface area contributed by atoms with Gasteiger partial charge in [0.2, 0.25) is 5.91 Å². The van der Waals surface area contributed by atoms with E-state index < -0.39 is 29.6 Å². The summed E-state index contributed by atoms with van der Waals surface area (Å²) in [4.78, 5) is 12.5. The van der Waals surface area contributed by atoms with Crippen LogP contribution in [0.2, 0.25) is 0 Å². The second kappa shape index (κ2) is 9.71. The maximum absolute atomic E-state index is 13.5. The normalized spacial score (nSPS) is 13.5. The summed E-state index contributed by atoms with van der Waals surface area (Å²) in [5.41, 5.74) is 4.60. The van der Waals surface area contributed by atoms with E-state index in [-0.39, 0.29) is 29.3 Å². The number of amides is 1. The van der Waals surface area contributed by atoms with Gasteiger partial charge in [0, 0.05) is 19.5 Å². The van der Waals surface area contributed by atoms with Gasteiger partial charge in [0.15, 0.2) is 5.69 Å². The van der Waals surface area contributed by atoms with Crippen molar-refractivity contribution in [1.29, 1.82) is 0 Å². The summed E-state index contributed by atoms with van der Waals surface area (Å²) >= 11 is 0. The van der Waals surface area contributed by atoms with Crippen LogP contribution in [-0.4, -0.2) is 21.7 Å². The molecule has 3 N–H and O–H groups in total. The molecule has 1 heterocycles. The first-order valence-electron chi connectivity index (χ1n) is 9.25. The molecule has 2 atom stereocenters. The minimum Gasteiger partial charge on any atom is -0.327 e. The standard InChI is InChI=1S/C21H24F4N4O/c1-4-6-13(5-2)11-16(26)12-17(30)27-20-18(14-7-9-15(22)10-8-14)19(21(23,24)25)28-29(20)3/h4-5,7-10,13,16H,1-2,6,11-12,26H2,3H3,(H,27,30). The topological polar surface area (TPSA) is 72.9 Å². The van der Waals surface area contributed by atoms with E-state index in [1.54, 1.807) is 12.2 Å². The molecule has 0 aliphatic rings. The van der Waals surface area contributed by atoms with E-state index in [1.165, 1.54) is 19.2 Å². The van der Waals surface area contributed by atoms with Crippen LogP contribution in [0.4, 0.5) is 23.4 Å². The minimum atomic E-state index is -4.76. The van der Waals surface area contributed by atoms with Crippen LogP contribution in [-0.2, 0) is 18.0 Å². The first kappa shape index (κ1) is 23.3. The first-order chi connectivity index (χ1) is 14.1. The van der Waals surface area contributed by atoms with Crippen LogP contribution in [0.25, 0.3) is 11.1 Å². The number of hydrogen-bond donors (Lipinski definition) is 2. The van der Waals surface area contributed by atoms with E-state index in [9.17, 15) is 22.4 Å². The number of nitrogens with zero attached hydrogens (tertiary/aromatic N) is 2. The molecule has 9 heteroatoms. The number of hydrogen-bond acceptors (Lipinski definition) is 3. The third-order valence-corrected chi connectivity index (χ3v) is 4.56. The minimum absolute atomic E-state index is 0.0496. The Labute approximate surface area is 172 Å². The number of allylic oxidation sites excluding steroid dienone is 2. The van der Waals surface area contributed by atoms with Gasteiger partial charge in [-0.15, -0.1) is 13.2 Å². The molecule has 1 aromatic carbocycles. The fraction of sp³-hybridized carbons (Fsp3) is 0.333. The fourth-order valence-corrected chi connectivity index (χ4v) is 3.15. The lowest BCUT2D eigenvalue weighted by atomic mass is 9.95. The van der Waals surface area contributed by atoms with Gasteiger partial charge in [0.1, 0.15) is 11.6 Å². The Morgan fingerprint density at radius 3 is 2.47 bits per heavy atom. The molecule has 2 aromatic rings. The Kier molecular flexibility index (Phi) is 7.55. The predicted octanol–water partition coefficient (Wildman–Crippen LogP) is 4.67. The van der Waals surface area contributed by atoms with Crippen molar-refractivity contribution in [2.75, 3.05) is 5.32 Å². The van der Waals surface area contributed by atoms with Crippen molar-refractivity contribution in [2.45, 2.75) is 31.5 Å². The Morgan fingerprint density at radius 2 is 1.93 bits per heavy atom. The second-order valence-corrected chi connectivity index (χ2v) is 6.97. The average Bonchev–Trinajstić information content (AvgIpc) is 2.98. The molecule has 0 aliphatic carbocycles. The van der Waals surface area contributed by atoms with Crippen molar-refractivity contribution >= 4 is 11.7 Å². The van der Waals surface area contributed by atoms with Gasteiger partial charge in [-0.3, -0.25) is 9.48 Å². The van der Waals surface area contributed by atoms with E-state index >= 15 is 0 Å². The molecule has 2 unspecified atom stereocenters. The van der Waals surface area contributed by atoms with Crippen molar-refractivity contribution in [2.24, 2.45) is 18.7 Å². The molecular formula is C21H24F4N4O. The molecule has 0 aliphatic heterocycles. The molecule has 5 nitrogen and oxygen atoms in total. The zero-order valence-corrected chi connectivity index (χ0v) is 16.5. The quantitative estimate of drug-likeness (QED) is 0.454. The van der Waals surface area contributed by atoms with Crippen molar-refractivity contribution < 1.29 is 22.4 Å². The van der Waals surface area contributed by atoms with Gasteiger partial charge in [-0.25, -0.2) is 4.39 Å². The summed E-state index contributed by atoms with van der Waals surface area (Å²) in [5, 5.41) is 6.01. The molecule has 30 heavy (non-hydrogen) atoms. The Hall–Kier alpha value is -2.94. The van der Waals surface area contributed by atoms with Crippen LogP contribution in [0.3, 0.4) is 0 Å². The van der Waals surface area contributed by atoms with Crippen LogP contribution >= 0.6 is 0 Å². The first-order valence-corrected chi connectivity index (χ1v) is 9.25. The highest BCUT2D eigenvalue weighted by atomic mass is 19.4. The zero-order valence-electron chi connectivity index (χ0n) is 16.5. The van der Waals surface area contributed by atoms with Gasteiger partial charge in [0.25, 0.3) is 0 Å². The number of carbonyl (C=O) groups is 1. The summed E-state index contributed by atoms with van der Waals surface area (Å²) in [6, 6.07) is 3.97. The second-order valence-electron chi connectivity index (χ2n) is 6.97. The van der Waals surface area contributed by atoms with E-state index in [0.717, 1.165) is 16.8 Å². The molecular weight excluding hydrogens is 400 g/mol. The van der Waals surface area contributed by atoms with Crippen molar-refractivity contribution in [3.63, 3.8) is 0 Å². The number of nitrogens with one attached hydrogen (secondary N) is 1. The third-order valence-electron chi connectivity index (χ3n) is 4.56. The molecule has 1 aromatic heterocycles. The number of carbonyl (C=O) groups excluding carboxylic acids is 1. The van der Waals surface area contributed by atoms with Crippen molar-refractivity contribution in [3.8, 4) is 11.1 Å². The number of nitrogens with two attached hydrogens (primary N) is 1. The maximum Gasteiger partial charge on any atom is 0.435 e. The predicted molar refractivity (Wildman–Crippen MR) is 108 cm³/mol. The number of aromatic nitrogens is 2. The number of rotatable bonds is 9. The largest absolute Gasteiger partial charge is 0.435 e. The van der Waals surface area contributed by atoms with E-state index in [0.29, 0.717) is 12.8 Å². The molecule has 0 saturated heterocycles. The molecule has 162 valence electrons. The van der Waals surface area contributed by atoms with Crippen LogP contribution in [0, 0.1) is 11.7 Å². The Bertz CT molecular complexity index is 903. The highest BCUT2D eigenvalue weighted by molar-refractivity contribution is 5.95. The van der Waals surface area contributed by atoms with Gasteiger partial charge in [-0.2, -0.15) is 18.3 Å². The summed E-state index contributed by atoms with van der Waals surface area (Å²) in [5.74, 6) is -1.24. The van der Waals surface area contributed by atoms with Gasteiger partial charge in [-0.05, 0) is 36.5 Å². The molecule has 1 amide bonds. The maximum atomic E-state index is 13.5. The molecule has 0 saturated carbocycles. The van der Waals surface area contributed by atoms with Crippen LogP contribution in [0.5, 0.6) is 0 Å². The van der Waals surface area contributed by atoms with E-state index in [1.807, 2.05) is 0 Å². The van der Waals surface area contributed by atoms with Gasteiger partial charge in [0.05, 0.1) is 5.56 Å². The fourth-order valence-electron chi connectivity index (χ4n) is 3.15. The Morgan fingerprint density at radius 1 is 1.30 bits per heavy atom. The zero-order chi connectivity index (χ0) is 22.5. The van der Waals surface area contributed by atoms with Crippen LogP contribution < -0.4 is 11.1 Å². The van der Waals surface area contributed by atoms with Crippen LogP contribution in [0.1, 0.15) is 25.0 Å². The summed E-state index contributed by atoms with van der Waals surface area (Å²) in [6.07, 6.45) is -0.276. The molecule has 0 spiro atoms. The van der Waals surface area contributed by atoms with Crippen LogP contribution in [0.15, 0.2) is 49.6 Å². The number of anilines is 1.